The minimum atomic E-state index is -0.492. The predicted molar refractivity (Wildman–Crippen MR) is 121 cm³/mol. The lowest BCUT2D eigenvalue weighted by molar-refractivity contribution is 0.563. The molecule has 0 radical (unpaired) electrons. The molecule has 0 aliphatic rings. The van der Waals surface area contributed by atoms with E-state index in [9.17, 15) is 14.4 Å². The van der Waals surface area contributed by atoms with Crippen molar-refractivity contribution in [1.82, 2.24) is 4.98 Å². The number of rotatable bonds is 4. The van der Waals surface area contributed by atoms with Gasteiger partial charge in [0.05, 0.1) is 16.8 Å². The van der Waals surface area contributed by atoms with Gasteiger partial charge in [0.25, 0.3) is 0 Å². The van der Waals surface area contributed by atoms with Crippen molar-refractivity contribution in [1.29, 1.82) is 5.26 Å². The summed E-state index contributed by atoms with van der Waals surface area (Å²) in [4.78, 5) is 16.9. The third-order valence-corrected chi connectivity index (χ3v) is 5.67. The van der Waals surface area contributed by atoms with Crippen LogP contribution in [0.15, 0.2) is 85.7 Å². The first-order valence-corrected chi connectivity index (χ1v) is 10.5. The first kappa shape index (κ1) is 19.7. The highest BCUT2D eigenvalue weighted by Gasteiger charge is 2.14. The molecule has 3 aromatic heterocycles. The van der Waals surface area contributed by atoms with E-state index in [4.69, 9.17) is 8.83 Å². The Morgan fingerprint density at radius 3 is 2.78 bits per heavy atom. The molecule has 0 unspecified atom stereocenters. The van der Waals surface area contributed by atoms with Crippen LogP contribution in [-0.2, 0) is 0 Å². The number of hydrogen-bond donors (Lipinski definition) is 0. The molecule has 0 fully saturated rings. The van der Waals surface area contributed by atoms with Crippen molar-refractivity contribution in [2.24, 2.45) is 0 Å². The van der Waals surface area contributed by atoms with E-state index in [0.717, 1.165) is 5.39 Å². The zero-order valence-electron chi connectivity index (χ0n) is 16.4. The fourth-order valence-electron chi connectivity index (χ4n) is 3.27. The molecule has 0 aliphatic heterocycles. The molecule has 0 spiro atoms. The quantitative estimate of drug-likeness (QED) is 0.239. The number of fused-ring (bicyclic) bond motifs is 1. The molecule has 0 atom stereocenters. The summed E-state index contributed by atoms with van der Waals surface area (Å²) in [7, 11) is 0. The van der Waals surface area contributed by atoms with Crippen LogP contribution < -0.4 is 5.63 Å². The Balaban J connectivity index is 1.48. The second-order valence-corrected chi connectivity index (χ2v) is 7.76. The van der Waals surface area contributed by atoms with E-state index < -0.39 is 5.63 Å². The normalized spacial score (nSPS) is 11.6. The highest BCUT2D eigenvalue weighted by molar-refractivity contribution is 7.11. The van der Waals surface area contributed by atoms with Crippen molar-refractivity contribution in [3.63, 3.8) is 0 Å². The van der Waals surface area contributed by atoms with Crippen molar-refractivity contribution in [2.45, 2.75) is 0 Å². The Morgan fingerprint density at radius 2 is 1.94 bits per heavy atom. The monoisotopic (exact) mass is 440 g/mol. The highest BCUT2D eigenvalue weighted by atomic mass is 32.1. The van der Waals surface area contributed by atoms with Crippen LogP contribution in [0.1, 0.15) is 10.8 Å². The molecule has 2 aromatic carbocycles. The van der Waals surface area contributed by atoms with Crippen LogP contribution in [-0.4, -0.2) is 4.98 Å². The van der Waals surface area contributed by atoms with Crippen LogP contribution in [0.3, 0.4) is 0 Å². The van der Waals surface area contributed by atoms with Crippen LogP contribution in [0.2, 0.25) is 0 Å². The molecule has 5 aromatic rings. The van der Waals surface area contributed by atoms with E-state index in [1.807, 2.05) is 12.1 Å². The average Bonchev–Trinajstić information content (AvgIpc) is 3.47. The van der Waals surface area contributed by atoms with Gasteiger partial charge in [-0.3, -0.25) is 0 Å². The van der Waals surface area contributed by atoms with Crippen molar-refractivity contribution < 1.29 is 13.2 Å². The maximum Gasteiger partial charge on any atom is 0.345 e. The summed E-state index contributed by atoms with van der Waals surface area (Å²) in [5.41, 5.74) is 1.66. The van der Waals surface area contributed by atoms with Gasteiger partial charge < -0.3 is 8.83 Å². The lowest BCUT2D eigenvalue weighted by Gasteiger charge is -1.99. The molecule has 5 rings (SSSR count). The van der Waals surface area contributed by atoms with Crippen molar-refractivity contribution in [3.8, 4) is 28.7 Å². The van der Waals surface area contributed by atoms with Gasteiger partial charge in [0, 0.05) is 22.4 Å². The summed E-state index contributed by atoms with van der Waals surface area (Å²) in [5.74, 6) is 0.562. The second kappa shape index (κ2) is 8.10. The molecular formula is C25H13FN2O3S. The number of nitrogens with zero attached hydrogens (tertiary/aromatic N) is 2. The minimum absolute atomic E-state index is 0.284. The summed E-state index contributed by atoms with van der Waals surface area (Å²) in [6.07, 6.45) is 1.56. The summed E-state index contributed by atoms with van der Waals surface area (Å²) in [6.45, 7) is 0. The third kappa shape index (κ3) is 3.75. The fourth-order valence-corrected chi connectivity index (χ4v) is 4.06. The molecule has 32 heavy (non-hydrogen) atoms. The molecule has 7 heteroatoms. The molecule has 0 saturated carbocycles. The van der Waals surface area contributed by atoms with Gasteiger partial charge >= 0.3 is 5.63 Å². The van der Waals surface area contributed by atoms with E-state index in [-0.39, 0.29) is 11.4 Å². The van der Waals surface area contributed by atoms with Gasteiger partial charge in [-0.05, 0) is 36.4 Å². The van der Waals surface area contributed by atoms with Crippen LogP contribution in [0.4, 0.5) is 4.39 Å². The predicted octanol–water partition coefficient (Wildman–Crippen LogP) is 6.38. The summed E-state index contributed by atoms with van der Waals surface area (Å²) >= 11 is 1.24. The molecule has 0 saturated heterocycles. The van der Waals surface area contributed by atoms with E-state index >= 15 is 0 Å². The van der Waals surface area contributed by atoms with Crippen molar-refractivity contribution >= 4 is 34.0 Å². The Hall–Kier alpha value is -4.28. The van der Waals surface area contributed by atoms with E-state index in [2.05, 4.69) is 11.1 Å². The highest BCUT2D eigenvalue weighted by Crippen LogP contribution is 2.29. The molecule has 0 N–H and O–H groups in total. The van der Waals surface area contributed by atoms with E-state index in [0.29, 0.717) is 38.9 Å². The smallest absolute Gasteiger partial charge is 0.345 e. The van der Waals surface area contributed by atoms with E-state index in [1.165, 1.54) is 23.5 Å². The minimum Gasteiger partial charge on any atom is -0.457 e. The molecule has 5 nitrogen and oxygen atoms in total. The third-order valence-electron chi connectivity index (χ3n) is 4.79. The number of allylic oxidation sites excluding steroid dienone is 1. The first-order chi connectivity index (χ1) is 15.6. The van der Waals surface area contributed by atoms with Gasteiger partial charge in [-0.25, -0.2) is 14.2 Å². The SMILES string of the molecule is N#C/C(=C\c1ccc(-c2cccc(F)c2)o1)c1nc(-c2cc3ccccc3oc2=O)cs1. The first-order valence-electron chi connectivity index (χ1n) is 9.57. The molecule has 154 valence electrons. The lowest BCUT2D eigenvalue weighted by atomic mass is 10.1. The van der Waals surface area contributed by atoms with Gasteiger partial charge in [0.1, 0.15) is 34.0 Å². The van der Waals surface area contributed by atoms with Crippen LogP contribution >= 0.6 is 11.3 Å². The average molecular weight is 440 g/mol. The lowest BCUT2D eigenvalue weighted by Crippen LogP contribution is -2.02. The Labute approximate surface area is 185 Å². The van der Waals surface area contributed by atoms with Crippen molar-refractivity contribution in [3.05, 3.63) is 99.1 Å². The standard InChI is InChI=1S/C25H13FN2O3S/c26-18-6-3-5-15(10-18)23-9-8-19(30-23)11-17(13-27)24-28-21(14-32-24)20-12-16-4-1-2-7-22(16)31-25(20)29/h1-12,14H/b17-11+. The molecule has 0 aliphatic carbocycles. The molecule has 0 bridgehead atoms. The van der Waals surface area contributed by atoms with Gasteiger partial charge in [-0.15, -0.1) is 11.3 Å². The molecule has 0 amide bonds. The second-order valence-electron chi connectivity index (χ2n) is 6.91. The number of para-hydroxylation sites is 1. The summed E-state index contributed by atoms with van der Waals surface area (Å²) in [6, 6.07) is 20.6. The number of furan rings is 1. The Kier molecular flexibility index (Phi) is 4.98. The van der Waals surface area contributed by atoms with Crippen LogP contribution in [0.25, 0.3) is 45.2 Å². The van der Waals surface area contributed by atoms with Crippen molar-refractivity contribution in [2.75, 3.05) is 0 Å². The summed E-state index contributed by atoms with van der Waals surface area (Å²) in [5, 5.41) is 12.6. The van der Waals surface area contributed by atoms with Crippen LogP contribution in [0.5, 0.6) is 0 Å². The fraction of sp³-hybridized carbons (Fsp3) is 0. The van der Waals surface area contributed by atoms with Crippen LogP contribution in [0, 0.1) is 17.1 Å². The molecular weight excluding hydrogens is 427 g/mol. The van der Waals surface area contributed by atoms with Gasteiger partial charge in [0.2, 0.25) is 0 Å². The maximum absolute atomic E-state index is 13.5. The number of thiazole rings is 1. The zero-order chi connectivity index (χ0) is 22.1. The number of benzene rings is 2. The van der Waals surface area contributed by atoms with Gasteiger partial charge in [-0.1, -0.05) is 30.3 Å². The largest absolute Gasteiger partial charge is 0.457 e. The molecule has 3 heterocycles. The Bertz CT molecular complexity index is 1590. The Morgan fingerprint density at radius 1 is 1.06 bits per heavy atom. The number of aromatic nitrogens is 1. The maximum atomic E-state index is 13.5. The number of nitriles is 1. The topological polar surface area (TPSA) is 80.0 Å². The van der Waals surface area contributed by atoms with E-state index in [1.54, 1.807) is 53.9 Å². The number of hydrogen-bond acceptors (Lipinski definition) is 6. The number of halogens is 1. The van der Waals surface area contributed by atoms with Gasteiger partial charge in [0.15, 0.2) is 0 Å². The zero-order valence-corrected chi connectivity index (χ0v) is 17.2. The van der Waals surface area contributed by atoms with Gasteiger partial charge in [-0.2, -0.15) is 5.26 Å². The summed E-state index contributed by atoms with van der Waals surface area (Å²) < 4.78 is 24.6.